The number of hydrogen-bond donors (Lipinski definition) is 1. The Morgan fingerprint density at radius 2 is 1.44 bits per heavy atom. The summed E-state index contributed by atoms with van der Waals surface area (Å²) < 4.78 is 6.85. The minimum atomic E-state index is -0.235. The monoisotopic (exact) mass is 478 g/mol. The molecule has 0 spiro atoms. The van der Waals surface area contributed by atoms with Crippen molar-refractivity contribution in [2.45, 2.75) is 38.1 Å². The molecule has 1 aromatic heterocycles. The molecule has 1 aliphatic rings. The molecule has 1 aliphatic carbocycles. The maximum atomic E-state index is 14.3. The molecule has 1 saturated carbocycles. The van der Waals surface area contributed by atoms with Gasteiger partial charge in [-0.15, -0.1) is 0 Å². The minimum absolute atomic E-state index is 0.125. The Labute approximate surface area is 211 Å². The fourth-order valence-corrected chi connectivity index (χ4v) is 5.00. The summed E-state index contributed by atoms with van der Waals surface area (Å²) in [5.74, 6) is 0.454. The lowest BCUT2D eigenvalue weighted by atomic mass is 9.94. The van der Waals surface area contributed by atoms with Crippen molar-refractivity contribution in [3.8, 4) is 33.7 Å². The van der Waals surface area contributed by atoms with Crippen molar-refractivity contribution in [1.82, 2.24) is 9.88 Å². The molecule has 0 bridgehead atoms. The smallest absolute Gasteiger partial charge is 0.268 e. The van der Waals surface area contributed by atoms with E-state index in [9.17, 15) is 9.59 Å². The van der Waals surface area contributed by atoms with E-state index in [2.05, 4.69) is 5.32 Å². The lowest BCUT2D eigenvalue weighted by Gasteiger charge is -2.24. The molecule has 0 saturated heterocycles. The minimum Gasteiger partial charge on any atom is -0.497 e. The van der Waals surface area contributed by atoms with Crippen LogP contribution in [0, 0.1) is 0 Å². The Morgan fingerprint density at radius 1 is 0.833 bits per heavy atom. The number of rotatable bonds is 6. The van der Waals surface area contributed by atoms with Crippen molar-refractivity contribution < 1.29 is 9.53 Å². The average molecular weight is 479 g/mol. The molecule has 0 radical (unpaired) electrons. The molecule has 3 aromatic carbocycles. The number of nitrogens with one attached hydrogen (secondary N) is 1. The predicted molar refractivity (Wildman–Crippen MR) is 144 cm³/mol. The van der Waals surface area contributed by atoms with Gasteiger partial charge in [-0.05, 0) is 59.9 Å². The van der Waals surface area contributed by atoms with Gasteiger partial charge in [-0.2, -0.15) is 0 Å². The van der Waals surface area contributed by atoms with E-state index in [0.29, 0.717) is 22.7 Å². The Balaban J connectivity index is 1.75. The van der Waals surface area contributed by atoms with E-state index in [1.807, 2.05) is 78.9 Å². The van der Waals surface area contributed by atoms with Gasteiger partial charge in [-0.1, -0.05) is 79.9 Å². The number of nitrogens with zero attached hydrogens (tertiary/aromatic N) is 1. The van der Waals surface area contributed by atoms with E-state index in [0.717, 1.165) is 42.4 Å². The Morgan fingerprint density at radius 3 is 2.06 bits per heavy atom. The first-order valence-electron chi connectivity index (χ1n) is 12.5. The second kappa shape index (κ2) is 10.6. The highest BCUT2D eigenvalue weighted by atomic mass is 16.5. The van der Waals surface area contributed by atoms with Crippen LogP contribution in [0.3, 0.4) is 0 Å². The molecule has 36 heavy (non-hydrogen) atoms. The van der Waals surface area contributed by atoms with E-state index >= 15 is 0 Å². The molecule has 1 N–H and O–H groups in total. The van der Waals surface area contributed by atoms with E-state index in [1.54, 1.807) is 19.2 Å². The summed E-state index contributed by atoms with van der Waals surface area (Å²) in [7, 11) is 1.60. The summed E-state index contributed by atoms with van der Waals surface area (Å²) in [5, 5.41) is 3.21. The summed E-state index contributed by atoms with van der Waals surface area (Å²) >= 11 is 0. The summed E-state index contributed by atoms with van der Waals surface area (Å²) in [6, 6.07) is 28.6. The van der Waals surface area contributed by atoms with Crippen LogP contribution in [-0.4, -0.2) is 23.6 Å². The van der Waals surface area contributed by atoms with Gasteiger partial charge in [0, 0.05) is 11.7 Å². The van der Waals surface area contributed by atoms with Gasteiger partial charge in [0.25, 0.3) is 11.5 Å². The van der Waals surface area contributed by atoms with Gasteiger partial charge < -0.3 is 10.1 Å². The highest BCUT2D eigenvalue weighted by Crippen LogP contribution is 2.31. The van der Waals surface area contributed by atoms with Crippen molar-refractivity contribution in [3.63, 3.8) is 0 Å². The Bertz CT molecular complexity index is 1390. The van der Waals surface area contributed by atoms with Crippen LogP contribution in [-0.2, 0) is 0 Å². The molecular weight excluding hydrogens is 448 g/mol. The van der Waals surface area contributed by atoms with Crippen molar-refractivity contribution in [2.24, 2.45) is 0 Å². The molecule has 5 rings (SSSR count). The fraction of sp³-hybridized carbons (Fsp3) is 0.226. The van der Waals surface area contributed by atoms with Crippen LogP contribution in [0.25, 0.3) is 27.9 Å². The predicted octanol–water partition coefficient (Wildman–Crippen LogP) is 6.24. The van der Waals surface area contributed by atoms with Crippen LogP contribution in [0.2, 0.25) is 0 Å². The van der Waals surface area contributed by atoms with Crippen LogP contribution in [0.15, 0.2) is 95.8 Å². The molecular formula is C31H30N2O3. The first-order valence-corrected chi connectivity index (χ1v) is 12.5. The quantitative estimate of drug-likeness (QED) is 0.357. The molecule has 0 atom stereocenters. The third kappa shape index (κ3) is 4.82. The molecule has 182 valence electrons. The molecule has 4 aromatic rings. The van der Waals surface area contributed by atoms with Crippen molar-refractivity contribution >= 4 is 5.91 Å². The van der Waals surface area contributed by atoms with Crippen LogP contribution in [0.1, 0.15) is 42.6 Å². The summed E-state index contributed by atoms with van der Waals surface area (Å²) in [6.07, 6.45) is 5.35. The average Bonchev–Trinajstić information content (AvgIpc) is 2.94. The van der Waals surface area contributed by atoms with Gasteiger partial charge in [0.1, 0.15) is 11.4 Å². The number of pyridine rings is 1. The van der Waals surface area contributed by atoms with Crippen LogP contribution >= 0.6 is 0 Å². The van der Waals surface area contributed by atoms with Crippen molar-refractivity contribution in [3.05, 3.63) is 107 Å². The van der Waals surface area contributed by atoms with Gasteiger partial charge in [0.15, 0.2) is 0 Å². The van der Waals surface area contributed by atoms with Crippen LogP contribution < -0.4 is 15.6 Å². The highest BCUT2D eigenvalue weighted by Gasteiger charge is 2.24. The van der Waals surface area contributed by atoms with Crippen molar-refractivity contribution in [1.29, 1.82) is 0 Å². The maximum absolute atomic E-state index is 14.3. The van der Waals surface area contributed by atoms with Crippen LogP contribution in [0.4, 0.5) is 0 Å². The molecule has 1 amide bonds. The Kier molecular flexibility index (Phi) is 6.99. The standard InChI is InChI=1S/C31H30N2O3/c1-36-26-19-17-25(18-20-26)33-28(30(34)32-24-15-9-4-10-16-24)21-27(22-11-5-2-6-12-22)29(31(33)35)23-13-7-3-8-14-23/h2-3,5-8,11-14,17-21,24H,4,9-10,15-16H2,1H3,(H,32,34). The van der Waals surface area contributed by atoms with Gasteiger partial charge in [0.2, 0.25) is 0 Å². The number of benzene rings is 3. The number of aromatic nitrogens is 1. The normalized spacial score (nSPS) is 13.8. The number of hydrogen-bond acceptors (Lipinski definition) is 3. The first kappa shape index (κ1) is 23.6. The zero-order valence-electron chi connectivity index (χ0n) is 20.4. The second-order valence-electron chi connectivity index (χ2n) is 9.20. The lowest BCUT2D eigenvalue weighted by Crippen LogP contribution is -2.39. The number of methoxy groups -OCH3 is 1. The van der Waals surface area contributed by atoms with E-state index < -0.39 is 0 Å². The van der Waals surface area contributed by atoms with Crippen molar-refractivity contribution in [2.75, 3.05) is 7.11 Å². The lowest BCUT2D eigenvalue weighted by molar-refractivity contribution is 0.0920. The third-order valence-corrected chi connectivity index (χ3v) is 6.86. The first-order chi connectivity index (χ1) is 17.7. The number of carbonyl (C=O) groups excluding carboxylic acids is 1. The molecule has 5 nitrogen and oxygen atoms in total. The third-order valence-electron chi connectivity index (χ3n) is 6.86. The molecule has 1 heterocycles. The Hall–Kier alpha value is -4.12. The summed E-state index contributed by atoms with van der Waals surface area (Å²) in [6.45, 7) is 0. The van der Waals surface area contributed by atoms with Gasteiger partial charge >= 0.3 is 0 Å². The van der Waals surface area contributed by atoms with E-state index in [-0.39, 0.29) is 17.5 Å². The van der Waals surface area contributed by atoms with Gasteiger partial charge in [0.05, 0.1) is 12.7 Å². The highest BCUT2D eigenvalue weighted by molar-refractivity contribution is 5.97. The largest absolute Gasteiger partial charge is 0.497 e. The number of ether oxygens (including phenoxy) is 1. The van der Waals surface area contributed by atoms with Crippen LogP contribution in [0.5, 0.6) is 5.75 Å². The second-order valence-corrected chi connectivity index (χ2v) is 9.20. The van der Waals surface area contributed by atoms with E-state index in [1.165, 1.54) is 11.0 Å². The topological polar surface area (TPSA) is 60.3 Å². The SMILES string of the molecule is COc1ccc(-n2c(C(=O)NC3CCCCC3)cc(-c3ccccc3)c(-c3ccccc3)c2=O)cc1. The van der Waals surface area contributed by atoms with Gasteiger partial charge in [-0.25, -0.2) is 0 Å². The summed E-state index contributed by atoms with van der Waals surface area (Å²) in [5.41, 5.74) is 3.71. The molecule has 0 aliphatic heterocycles. The fourth-order valence-electron chi connectivity index (χ4n) is 5.00. The molecule has 0 unspecified atom stereocenters. The van der Waals surface area contributed by atoms with E-state index in [4.69, 9.17) is 4.74 Å². The number of amides is 1. The zero-order chi connectivity index (χ0) is 24.9. The van der Waals surface area contributed by atoms with Gasteiger partial charge in [-0.3, -0.25) is 14.2 Å². The zero-order valence-corrected chi connectivity index (χ0v) is 20.4. The maximum Gasteiger partial charge on any atom is 0.268 e. The molecule has 1 fully saturated rings. The number of carbonyl (C=O) groups is 1. The summed E-state index contributed by atoms with van der Waals surface area (Å²) in [4.78, 5) is 28.0. The molecule has 5 heteroatoms.